The summed E-state index contributed by atoms with van der Waals surface area (Å²) in [6, 6.07) is 21.6. The number of rotatable bonds is 6. The smallest absolute Gasteiger partial charge is 0.254 e. The minimum atomic E-state index is -0.280. The zero-order valence-electron chi connectivity index (χ0n) is 19.4. The zero-order chi connectivity index (χ0) is 24.0. The van der Waals surface area contributed by atoms with Crippen LogP contribution in [0.15, 0.2) is 85.2 Å². The van der Waals surface area contributed by atoms with E-state index in [0.29, 0.717) is 44.2 Å². The highest BCUT2D eigenvalue weighted by Gasteiger charge is 2.24. The van der Waals surface area contributed by atoms with Gasteiger partial charge in [-0.15, -0.1) is 0 Å². The fourth-order valence-corrected chi connectivity index (χ4v) is 4.49. The third-order valence-electron chi connectivity index (χ3n) is 6.28. The SMILES string of the molecule is O=C(c1cccc(OCc2ccc(F)cc2)c1)N1CCOCC(Cc2cncc3ccccc23)C1. The molecule has 1 aliphatic rings. The van der Waals surface area contributed by atoms with E-state index in [9.17, 15) is 9.18 Å². The molecule has 1 amide bonds. The van der Waals surface area contributed by atoms with E-state index in [4.69, 9.17) is 9.47 Å². The largest absolute Gasteiger partial charge is 0.489 e. The summed E-state index contributed by atoms with van der Waals surface area (Å²) in [6.45, 7) is 2.58. The monoisotopic (exact) mass is 470 g/mol. The molecule has 0 radical (unpaired) electrons. The van der Waals surface area contributed by atoms with Gasteiger partial charge in [0.05, 0.1) is 13.2 Å². The van der Waals surface area contributed by atoms with Crippen LogP contribution in [0.5, 0.6) is 5.75 Å². The van der Waals surface area contributed by atoms with Gasteiger partial charge in [0.1, 0.15) is 18.2 Å². The van der Waals surface area contributed by atoms with E-state index in [1.807, 2.05) is 47.6 Å². The van der Waals surface area contributed by atoms with Crippen LogP contribution in [0.25, 0.3) is 10.8 Å². The minimum absolute atomic E-state index is 0.0382. The van der Waals surface area contributed by atoms with Gasteiger partial charge in [-0.3, -0.25) is 9.78 Å². The average Bonchev–Trinajstić information content (AvgIpc) is 3.14. The predicted molar refractivity (Wildman–Crippen MR) is 133 cm³/mol. The Morgan fingerprint density at radius 3 is 2.80 bits per heavy atom. The Morgan fingerprint density at radius 2 is 1.91 bits per heavy atom. The van der Waals surface area contributed by atoms with Crippen molar-refractivity contribution in [3.63, 3.8) is 0 Å². The molecule has 0 saturated carbocycles. The predicted octanol–water partition coefficient (Wildman–Crippen LogP) is 5.28. The van der Waals surface area contributed by atoms with Crippen LogP contribution in [0.3, 0.4) is 0 Å². The first kappa shape index (κ1) is 23.0. The van der Waals surface area contributed by atoms with Gasteiger partial charge in [-0.05, 0) is 53.3 Å². The molecule has 0 N–H and O–H groups in total. The fourth-order valence-electron chi connectivity index (χ4n) is 4.49. The van der Waals surface area contributed by atoms with Crippen LogP contribution < -0.4 is 4.74 Å². The first-order valence-electron chi connectivity index (χ1n) is 11.8. The average molecular weight is 471 g/mol. The van der Waals surface area contributed by atoms with Crippen LogP contribution in [-0.2, 0) is 17.8 Å². The van der Waals surface area contributed by atoms with Crippen molar-refractivity contribution in [3.8, 4) is 5.75 Å². The highest BCUT2D eigenvalue weighted by Crippen LogP contribution is 2.23. The van der Waals surface area contributed by atoms with Crippen LogP contribution in [0.2, 0.25) is 0 Å². The molecule has 4 aromatic rings. The molecule has 1 aromatic heterocycles. The lowest BCUT2D eigenvalue weighted by Gasteiger charge is -2.24. The maximum Gasteiger partial charge on any atom is 0.254 e. The topological polar surface area (TPSA) is 51.7 Å². The fraction of sp³-hybridized carbons (Fsp3) is 0.241. The van der Waals surface area contributed by atoms with Crippen LogP contribution in [-0.4, -0.2) is 42.1 Å². The molecule has 0 aliphatic carbocycles. The van der Waals surface area contributed by atoms with Crippen molar-refractivity contribution in [3.05, 3.63) is 108 Å². The molecule has 178 valence electrons. The Labute approximate surface area is 204 Å². The summed E-state index contributed by atoms with van der Waals surface area (Å²) in [6.07, 6.45) is 4.59. The standard InChI is InChI=1S/C29H27FN2O3/c30-26-10-8-21(9-11-26)20-35-27-6-3-5-23(15-27)29(33)32-12-13-34-19-22(18-32)14-25-17-31-16-24-4-1-2-7-28(24)25/h1-11,15-17,22H,12-14,18-20H2. The van der Waals surface area contributed by atoms with Gasteiger partial charge in [0.2, 0.25) is 0 Å². The normalized spacial score (nSPS) is 16.1. The van der Waals surface area contributed by atoms with Crippen LogP contribution in [0.1, 0.15) is 21.5 Å². The molecule has 0 spiro atoms. The second kappa shape index (κ2) is 10.7. The first-order valence-corrected chi connectivity index (χ1v) is 11.8. The first-order chi connectivity index (χ1) is 17.2. The summed E-state index contributed by atoms with van der Waals surface area (Å²) in [4.78, 5) is 19.7. The molecule has 1 unspecified atom stereocenters. The third-order valence-corrected chi connectivity index (χ3v) is 6.28. The van der Waals surface area contributed by atoms with E-state index in [2.05, 4.69) is 17.1 Å². The van der Waals surface area contributed by atoms with Gasteiger partial charge in [0.15, 0.2) is 0 Å². The number of ether oxygens (including phenoxy) is 2. The second-order valence-electron chi connectivity index (χ2n) is 8.86. The number of aromatic nitrogens is 1. The Bertz CT molecular complexity index is 1300. The Kier molecular flexibility index (Phi) is 7.00. The summed E-state index contributed by atoms with van der Waals surface area (Å²) in [7, 11) is 0. The summed E-state index contributed by atoms with van der Waals surface area (Å²) in [5.74, 6) is 0.457. The lowest BCUT2D eigenvalue weighted by molar-refractivity contribution is 0.0737. The van der Waals surface area contributed by atoms with Gasteiger partial charge < -0.3 is 14.4 Å². The number of amides is 1. The maximum absolute atomic E-state index is 13.4. The Hall–Kier alpha value is -3.77. The van der Waals surface area contributed by atoms with Crippen LogP contribution >= 0.6 is 0 Å². The zero-order valence-corrected chi connectivity index (χ0v) is 19.4. The van der Waals surface area contributed by atoms with E-state index in [-0.39, 0.29) is 17.6 Å². The summed E-state index contributed by atoms with van der Waals surface area (Å²) >= 11 is 0. The van der Waals surface area contributed by atoms with Crippen LogP contribution in [0.4, 0.5) is 4.39 Å². The molecule has 1 aliphatic heterocycles. The van der Waals surface area contributed by atoms with Crippen molar-refractivity contribution in [1.29, 1.82) is 0 Å². The van der Waals surface area contributed by atoms with E-state index in [1.54, 1.807) is 18.2 Å². The summed E-state index contributed by atoms with van der Waals surface area (Å²) in [5.41, 5.74) is 2.61. The van der Waals surface area contributed by atoms with Crippen LogP contribution in [0, 0.1) is 11.7 Å². The lowest BCUT2D eigenvalue weighted by Crippen LogP contribution is -2.36. The molecule has 5 nitrogen and oxygen atoms in total. The van der Waals surface area contributed by atoms with Crippen molar-refractivity contribution in [2.24, 2.45) is 5.92 Å². The molecule has 6 heteroatoms. The molecular formula is C29H27FN2O3. The molecule has 1 fully saturated rings. The van der Waals surface area contributed by atoms with E-state index < -0.39 is 0 Å². The van der Waals surface area contributed by atoms with Crippen molar-refractivity contribution >= 4 is 16.7 Å². The Morgan fingerprint density at radius 1 is 1.06 bits per heavy atom. The molecule has 1 saturated heterocycles. The molecule has 3 aromatic carbocycles. The molecule has 35 heavy (non-hydrogen) atoms. The van der Waals surface area contributed by atoms with E-state index in [0.717, 1.165) is 17.4 Å². The van der Waals surface area contributed by atoms with Gasteiger partial charge >= 0.3 is 0 Å². The van der Waals surface area contributed by atoms with Crippen molar-refractivity contribution in [1.82, 2.24) is 9.88 Å². The molecule has 5 rings (SSSR count). The summed E-state index contributed by atoms with van der Waals surface area (Å²) in [5, 5.41) is 2.31. The number of carbonyl (C=O) groups excluding carboxylic acids is 1. The van der Waals surface area contributed by atoms with Gasteiger partial charge in [0.25, 0.3) is 5.91 Å². The molecular weight excluding hydrogens is 443 g/mol. The Balaban J connectivity index is 1.27. The maximum atomic E-state index is 13.4. The quantitative estimate of drug-likeness (QED) is 0.385. The number of fused-ring (bicyclic) bond motifs is 1. The number of halogens is 1. The number of hydrogen-bond donors (Lipinski definition) is 0. The third kappa shape index (κ3) is 5.66. The molecule has 2 heterocycles. The number of pyridine rings is 1. The van der Waals surface area contributed by atoms with Crippen molar-refractivity contribution in [2.45, 2.75) is 13.0 Å². The van der Waals surface area contributed by atoms with E-state index >= 15 is 0 Å². The lowest BCUT2D eigenvalue weighted by atomic mass is 9.96. The highest BCUT2D eigenvalue weighted by molar-refractivity contribution is 5.94. The minimum Gasteiger partial charge on any atom is -0.489 e. The number of hydrogen-bond acceptors (Lipinski definition) is 4. The highest BCUT2D eigenvalue weighted by atomic mass is 19.1. The number of carbonyl (C=O) groups is 1. The number of benzene rings is 3. The van der Waals surface area contributed by atoms with Gasteiger partial charge in [-0.1, -0.05) is 42.5 Å². The number of nitrogens with zero attached hydrogens (tertiary/aromatic N) is 2. The second-order valence-corrected chi connectivity index (χ2v) is 8.86. The van der Waals surface area contributed by atoms with Gasteiger partial charge in [0, 0.05) is 42.4 Å². The van der Waals surface area contributed by atoms with E-state index in [1.165, 1.54) is 23.1 Å². The molecule has 1 atom stereocenters. The van der Waals surface area contributed by atoms with Gasteiger partial charge in [-0.25, -0.2) is 4.39 Å². The van der Waals surface area contributed by atoms with Gasteiger partial charge in [-0.2, -0.15) is 0 Å². The summed E-state index contributed by atoms with van der Waals surface area (Å²) < 4.78 is 24.8. The van der Waals surface area contributed by atoms with Crippen molar-refractivity contribution < 1.29 is 18.7 Å². The van der Waals surface area contributed by atoms with Crippen molar-refractivity contribution in [2.75, 3.05) is 26.3 Å². The molecule has 0 bridgehead atoms.